The van der Waals surface area contributed by atoms with Crippen LogP contribution in [-0.4, -0.2) is 33.8 Å². The highest BCUT2D eigenvalue weighted by Gasteiger charge is 2.46. The molecule has 1 aliphatic heterocycles. The molecule has 3 rings (SSSR count). The van der Waals surface area contributed by atoms with Gasteiger partial charge in [0, 0.05) is 11.6 Å². The van der Waals surface area contributed by atoms with Crippen LogP contribution in [0, 0.1) is 5.41 Å². The Balaban J connectivity index is 2.08. The number of ketones is 1. The lowest BCUT2D eigenvalue weighted by molar-refractivity contribution is -0.130. The van der Waals surface area contributed by atoms with Crippen molar-refractivity contribution in [3.63, 3.8) is 0 Å². The van der Waals surface area contributed by atoms with Crippen LogP contribution in [-0.2, 0) is 16.1 Å². The number of aromatic nitrogens is 1. The Morgan fingerprint density at radius 3 is 2.39 bits per heavy atom. The number of pyridine rings is 1. The fourth-order valence-corrected chi connectivity index (χ4v) is 3.25. The van der Waals surface area contributed by atoms with Crippen molar-refractivity contribution in [1.29, 1.82) is 0 Å². The Morgan fingerprint density at radius 1 is 1.18 bits per heavy atom. The Morgan fingerprint density at radius 2 is 1.86 bits per heavy atom. The molecule has 1 N–H and O–H groups in total. The first kappa shape index (κ1) is 19.6. The summed E-state index contributed by atoms with van der Waals surface area (Å²) in [4.78, 5) is 31.7. The third kappa shape index (κ3) is 3.63. The van der Waals surface area contributed by atoms with E-state index in [1.165, 1.54) is 4.90 Å². The molecule has 6 heteroatoms. The summed E-state index contributed by atoms with van der Waals surface area (Å²) < 4.78 is 5.21. The number of carbonyl (C=O) groups excluding carboxylic acids is 2. The molecule has 1 amide bonds. The average Bonchev–Trinajstić information content (AvgIpc) is 2.92. The minimum atomic E-state index is -0.741. The number of Topliss-reactive ketones (excluding diaryl/α,β-unsaturated/α-hetero) is 1. The third-order valence-electron chi connectivity index (χ3n) is 4.72. The number of amides is 1. The fourth-order valence-electron chi connectivity index (χ4n) is 3.25. The summed E-state index contributed by atoms with van der Waals surface area (Å²) in [5, 5.41) is 10.6. The van der Waals surface area contributed by atoms with Gasteiger partial charge in [-0.2, -0.15) is 0 Å². The summed E-state index contributed by atoms with van der Waals surface area (Å²) in [5.74, 6) is -0.653. The Bertz CT molecular complexity index is 912. The number of carbonyl (C=O) groups is 2. The summed E-state index contributed by atoms with van der Waals surface area (Å²) >= 11 is 0. The molecule has 0 aliphatic carbocycles. The van der Waals surface area contributed by atoms with Gasteiger partial charge in [-0.05, 0) is 29.8 Å². The first-order valence-corrected chi connectivity index (χ1v) is 9.07. The molecular formula is C22H24N2O4. The van der Waals surface area contributed by atoms with Crippen LogP contribution >= 0.6 is 0 Å². The number of hydrogen-bond donors (Lipinski definition) is 1. The average molecular weight is 380 g/mol. The SMILES string of the molecule is COc1ccc(C2C(C(=O)C(C)(C)C)=C(O)C(=O)N2Cc2ccccn2)cc1. The molecule has 0 radical (unpaired) electrons. The molecule has 1 atom stereocenters. The number of rotatable bonds is 5. The maximum atomic E-state index is 13.1. The normalized spacial score (nSPS) is 17.2. The van der Waals surface area contributed by atoms with Gasteiger partial charge < -0.3 is 14.7 Å². The van der Waals surface area contributed by atoms with Crippen LogP contribution in [0.1, 0.15) is 38.1 Å². The van der Waals surface area contributed by atoms with Gasteiger partial charge in [0.25, 0.3) is 5.91 Å². The van der Waals surface area contributed by atoms with E-state index >= 15 is 0 Å². The summed E-state index contributed by atoms with van der Waals surface area (Å²) in [6.07, 6.45) is 1.65. The fraction of sp³-hybridized carbons (Fsp3) is 0.318. The lowest BCUT2D eigenvalue weighted by Gasteiger charge is -2.28. The van der Waals surface area contributed by atoms with Gasteiger partial charge in [0.2, 0.25) is 0 Å². The monoisotopic (exact) mass is 380 g/mol. The highest BCUT2D eigenvalue weighted by Crippen LogP contribution is 2.41. The number of hydrogen-bond acceptors (Lipinski definition) is 5. The topological polar surface area (TPSA) is 79.7 Å². The van der Waals surface area contributed by atoms with Crippen LogP contribution < -0.4 is 4.74 Å². The van der Waals surface area contributed by atoms with E-state index in [1.54, 1.807) is 70.5 Å². The van der Waals surface area contributed by atoms with Crippen LogP contribution in [0.25, 0.3) is 0 Å². The van der Waals surface area contributed by atoms with Gasteiger partial charge in [0.05, 0.1) is 31.0 Å². The van der Waals surface area contributed by atoms with Gasteiger partial charge in [-0.25, -0.2) is 0 Å². The lowest BCUT2D eigenvalue weighted by atomic mass is 9.82. The Labute approximate surface area is 164 Å². The molecule has 1 unspecified atom stereocenters. The van der Waals surface area contributed by atoms with Crippen LogP contribution in [0.4, 0.5) is 0 Å². The highest BCUT2D eigenvalue weighted by atomic mass is 16.5. The molecule has 0 saturated heterocycles. The van der Waals surface area contributed by atoms with Crippen molar-refractivity contribution in [2.75, 3.05) is 7.11 Å². The zero-order valence-electron chi connectivity index (χ0n) is 16.5. The van der Waals surface area contributed by atoms with E-state index in [1.807, 2.05) is 6.07 Å². The van der Waals surface area contributed by atoms with Crippen LogP contribution in [0.3, 0.4) is 0 Å². The first-order valence-electron chi connectivity index (χ1n) is 9.07. The van der Waals surface area contributed by atoms with Crippen molar-refractivity contribution in [1.82, 2.24) is 9.88 Å². The molecule has 0 saturated carbocycles. The van der Waals surface area contributed by atoms with E-state index < -0.39 is 23.1 Å². The second-order valence-electron chi connectivity index (χ2n) is 7.77. The highest BCUT2D eigenvalue weighted by molar-refractivity contribution is 6.10. The molecule has 2 aromatic rings. The number of aliphatic hydroxyl groups is 1. The van der Waals surface area contributed by atoms with Crippen molar-refractivity contribution in [3.8, 4) is 5.75 Å². The van der Waals surface area contributed by atoms with Crippen molar-refractivity contribution >= 4 is 11.7 Å². The number of benzene rings is 1. The van der Waals surface area contributed by atoms with Crippen LogP contribution in [0.5, 0.6) is 5.75 Å². The van der Waals surface area contributed by atoms with Gasteiger partial charge in [0.15, 0.2) is 11.5 Å². The molecule has 0 fully saturated rings. The molecule has 0 spiro atoms. The summed E-state index contributed by atoms with van der Waals surface area (Å²) in [6.45, 7) is 5.49. The van der Waals surface area contributed by atoms with E-state index in [0.717, 1.165) is 5.56 Å². The lowest BCUT2D eigenvalue weighted by Crippen LogP contribution is -2.32. The maximum Gasteiger partial charge on any atom is 0.290 e. The van der Waals surface area contributed by atoms with E-state index in [2.05, 4.69) is 4.98 Å². The molecule has 1 aliphatic rings. The molecule has 6 nitrogen and oxygen atoms in total. The van der Waals surface area contributed by atoms with E-state index in [4.69, 9.17) is 4.74 Å². The van der Waals surface area contributed by atoms with Crippen LogP contribution in [0.15, 0.2) is 60.0 Å². The molecule has 2 heterocycles. The second kappa shape index (κ2) is 7.46. The second-order valence-corrected chi connectivity index (χ2v) is 7.77. The molecule has 28 heavy (non-hydrogen) atoms. The number of ether oxygens (including phenoxy) is 1. The van der Waals surface area contributed by atoms with Gasteiger partial charge in [-0.15, -0.1) is 0 Å². The molecular weight excluding hydrogens is 356 g/mol. The Kier molecular flexibility index (Phi) is 5.23. The van der Waals surface area contributed by atoms with Gasteiger partial charge in [-0.3, -0.25) is 14.6 Å². The molecule has 0 bridgehead atoms. The van der Waals surface area contributed by atoms with E-state index in [-0.39, 0.29) is 17.9 Å². The molecule has 1 aromatic heterocycles. The number of aliphatic hydroxyl groups excluding tert-OH is 1. The first-order chi connectivity index (χ1) is 13.2. The zero-order valence-corrected chi connectivity index (χ0v) is 16.5. The predicted molar refractivity (Wildman–Crippen MR) is 105 cm³/mol. The summed E-state index contributed by atoms with van der Waals surface area (Å²) in [6, 6.07) is 11.9. The van der Waals surface area contributed by atoms with Crippen molar-refractivity contribution < 1.29 is 19.4 Å². The van der Waals surface area contributed by atoms with Crippen molar-refractivity contribution in [3.05, 3.63) is 71.3 Å². The van der Waals surface area contributed by atoms with Crippen LogP contribution in [0.2, 0.25) is 0 Å². The zero-order chi connectivity index (χ0) is 20.5. The van der Waals surface area contributed by atoms with Gasteiger partial charge in [0.1, 0.15) is 5.75 Å². The van der Waals surface area contributed by atoms with Gasteiger partial charge >= 0.3 is 0 Å². The number of nitrogens with zero attached hydrogens (tertiary/aromatic N) is 2. The van der Waals surface area contributed by atoms with Crippen molar-refractivity contribution in [2.45, 2.75) is 33.4 Å². The number of methoxy groups -OCH3 is 1. The Hall–Kier alpha value is -3.15. The maximum absolute atomic E-state index is 13.1. The van der Waals surface area contributed by atoms with E-state index in [9.17, 15) is 14.7 Å². The standard InChI is InChI=1S/C22H24N2O4/c1-22(2,3)20(26)17-18(14-8-10-16(28-4)11-9-14)24(21(27)19(17)25)13-15-7-5-6-12-23-15/h5-12,18,25H,13H2,1-4H3. The third-order valence-corrected chi connectivity index (χ3v) is 4.72. The summed E-state index contributed by atoms with van der Waals surface area (Å²) in [7, 11) is 1.57. The molecule has 146 valence electrons. The quantitative estimate of drug-likeness (QED) is 0.857. The predicted octanol–water partition coefficient (Wildman–Crippen LogP) is 3.60. The molecule has 1 aromatic carbocycles. The minimum absolute atomic E-state index is 0.124. The van der Waals surface area contributed by atoms with Gasteiger partial charge in [-0.1, -0.05) is 39.0 Å². The van der Waals surface area contributed by atoms with E-state index in [0.29, 0.717) is 11.4 Å². The summed E-state index contributed by atoms with van der Waals surface area (Å²) in [5.41, 5.74) is 0.780. The minimum Gasteiger partial charge on any atom is -0.503 e. The largest absolute Gasteiger partial charge is 0.503 e. The smallest absolute Gasteiger partial charge is 0.290 e. The van der Waals surface area contributed by atoms with Crippen molar-refractivity contribution in [2.24, 2.45) is 5.41 Å².